The molecule has 0 unspecified atom stereocenters. The molecule has 0 aliphatic rings. The Morgan fingerprint density at radius 1 is 0.457 bits per heavy atom. The van der Waals surface area contributed by atoms with Crippen molar-refractivity contribution < 1.29 is 88.5 Å². The molecule has 0 heterocycles. The standard InChI is InChI=1S/C34H66N4O6.2Na/c1-3-5-7-9-11-13-15-17-19-21-31(39)35-23-25-37(29-33(41)42)27-28-38(30-34(43)44)26-24-36-32(40)22-20-18-16-14-12-10-8-6-4-2;;/h3-30H2,1-2H3,(H,35,39)(H,36,40)(H,41,42)(H,43,44);;/q;2*+1/p-2. The van der Waals surface area contributed by atoms with Crippen LogP contribution in [0.4, 0.5) is 0 Å². The van der Waals surface area contributed by atoms with E-state index < -0.39 is 11.9 Å². The Morgan fingerprint density at radius 3 is 1.02 bits per heavy atom. The van der Waals surface area contributed by atoms with Crippen LogP contribution in [0.15, 0.2) is 0 Å². The van der Waals surface area contributed by atoms with Crippen molar-refractivity contribution in [2.75, 3.05) is 52.4 Å². The molecule has 0 atom stereocenters. The first-order valence-corrected chi connectivity index (χ1v) is 17.7. The van der Waals surface area contributed by atoms with Gasteiger partial charge in [0.05, 0.1) is 11.9 Å². The smallest absolute Gasteiger partial charge is 0.549 e. The number of carbonyl (C=O) groups excluding carboxylic acids is 4. The maximum Gasteiger partial charge on any atom is 1.00 e. The fraction of sp³-hybridized carbons (Fsp3) is 0.882. The molecule has 0 aromatic carbocycles. The van der Waals surface area contributed by atoms with Crippen LogP contribution >= 0.6 is 0 Å². The predicted molar refractivity (Wildman–Crippen MR) is 173 cm³/mol. The molecule has 0 fully saturated rings. The van der Waals surface area contributed by atoms with Crippen molar-refractivity contribution in [1.29, 1.82) is 0 Å². The molecule has 46 heavy (non-hydrogen) atoms. The van der Waals surface area contributed by atoms with Gasteiger partial charge < -0.3 is 30.4 Å². The summed E-state index contributed by atoms with van der Waals surface area (Å²) in [6.07, 6.45) is 22.2. The van der Waals surface area contributed by atoms with Gasteiger partial charge in [0.2, 0.25) is 11.8 Å². The van der Waals surface area contributed by atoms with Crippen LogP contribution < -0.4 is 80.0 Å². The van der Waals surface area contributed by atoms with Crippen molar-refractivity contribution >= 4 is 23.8 Å². The Kier molecular flexibility index (Phi) is 41.0. The molecule has 0 spiro atoms. The molecular formula is C34H64N4Na2O6. The van der Waals surface area contributed by atoms with Crippen molar-refractivity contribution in [3.05, 3.63) is 0 Å². The third-order valence-electron chi connectivity index (χ3n) is 7.95. The van der Waals surface area contributed by atoms with E-state index in [1.807, 2.05) is 0 Å². The van der Waals surface area contributed by atoms with Crippen LogP contribution in [0.1, 0.15) is 142 Å². The normalized spacial score (nSPS) is 10.8. The van der Waals surface area contributed by atoms with E-state index in [4.69, 9.17) is 0 Å². The summed E-state index contributed by atoms with van der Waals surface area (Å²) >= 11 is 0. The van der Waals surface area contributed by atoms with Gasteiger partial charge in [-0.2, -0.15) is 0 Å². The fourth-order valence-electron chi connectivity index (χ4n) is 5.26. The van der Waals surface area contributed by atoms with Gasteiger partial charge in [0.1, 0.15) is 0 Å². The predicted octanol–water partition coefficient (Wildman–Crippen LogP) is -2.83. The van der Waals surface area contributed by atoms with Gasteiger partial charge in [0.15, 0.2) is 0 Å². The third kappa shape index (κ3) is 36.6. The van der Waals surface area contributed by atoms with Gasteiger partial charge >= 0.3 is 59.1 Å². The number of hydrogen-bond donors (Lipinski definition) is 2. The minimum Gasteiger partial charge on any atom is -0.549 e. The molecule has 12 heteroatoms. The second-order valence-corrected chi connectivity index (χ2v) is 12.2. The second kappa shape index (κ2) is 37.6. The number of rotatable bonds is 33. The number of hydrogen-bond acceptors (Lipinski definition) is 8. The van der Waals surface area contributed by atoms with E-state index in [9.17, 15) is 29.4 Å². The Hall–Kier alpha value is -0.200. The molecule has 0 bridgehead atoms. The van der Waals surface area contributed by atoms with E-state index >= 15 is 0 Å². The topological polar surface area (TPSA) is 145 Å². The van der Waals surface area contributed by atoms with Gasteiger partial charge in [-0.15, -0.1) is 0 Å². The van der Waals surface area contributed by atoms with Gasteiger partial charge in [0, 0.05) is 65.2 Å². The molecule has 0 aliphatic heterocycles. The van der Waals surface area contributed by atoms with Crippen molar-refractivity contribution in [1.82, 2.24) is 20.4 Å². The van der Waals surface area contributed by atoms with Crippen LogP contribution in [0.5, 0.6) is 0 Å². The molecule has 0 aromatic heterocycles. The molecule has 2 amide bonds. The van der Waals surface area contributed by atoms with E-state index in [0.29, 0.717) is 39.0 Å². The van der Waals surface area contributed by atoms with Crippen LogP contribution in [-0.4, -0.2) is 85.9 Å². The van der Waals surface area contributed by atoms with Gasteiger partial charge in [-0.25, -0.2) is 0 Å². The SMILES string of the molecule is CCCCCCCCCCCC(=O)NCCN(CCN(CCNC(=O)CCCCCCCCCCC)CC(=O)[O-])CC(=O)[O-].[Na+].[Na+]. The van der Waals surface area contributed by atoms with Crippen LogP contribution in [-0.2, 0) is 19.2 Å². The number of amides is 2. The van der Waals surface area contributed by atoms with Crippen molar-refractivity contribution in [2.45, 2.75) is 142 Å². The zero-order chi connectivity index (χ0) is 32.7. The van der Waals surface area contributed by atoms with E-state index in [-0.39, 0.29) is 97.1 Å². The maximum atomic E-state index is 12.2. The molecule has 2 N–H and O–H groups in total. The summed E-state index contributed by atoms with van der Waals surface area (Å²) in [7, 11) is 0. The summed E-state index contributed by atoms with van der Waals surface area (Å²) in [5.74, 6) is -2.56. The number of carboxylic acid groups (broad SMARTS) is 2. The molecule has 0 radical (unpaired) electrons. The van der Waals surface area contributed by atoms with Gasteiger partial charge in [0.25, 0.3) is 0 Å². The maximum absolute atomic E-state index is 12.2. The fourth-order valence-corrected chi connectivity index (χ4v) is 5.26. The summed E-state index contributed by atoms with van der Waals surface area (Å²) in [6, 6.07) is 0. The first-order chi connectivity index (χ1) is 21.3. The molecule has 0 rings (SSSR count). The monoisotopic (exact) mass is 670 g/mol. The molecule has 0 saturated heterocycles. The minimum atomic E-state index is -1.23. The van der Waals surface area contributed by atoms with Crippen LogP contribution in [0.25, 0.3) is 0 Å². The van der Waals surface area contributed by atoms with Gasteiger partial charge in [-0.05, 0) is 12.8 Å². The third-order valence-corrected chi connectivity index (χ3v) is 7.95. The zero-order valence-corrected chi connectivity index (χ0v) is 34.1. The molecule has 0 saturated carbocycles. The first-order valence-electron chi connectivity index (χ1n) is 17.7. The van der Waals surface area contributed by atoms with E-state index in [1.54, 1.807) is 9.80 Å². The molecule has 258 valence electrons. The molecule has 0 aromatic rings. The van der Waals surface area contributed by atoms with Gasteiger partial charge in [-0.1, -0.05) is 117 Å². The van der Waals surface area contributed by atoms with Crippen LogP contribution in [0.2, 0.25) is 0 Å². The molecule has 0 aliphatic carbocycles. The Bertz CT molecular complexity index is 688. The second-order valence-electron chi connectivity index (χ2n) is 12.2. The average molecular weight is 671 g/mol. The van der Waals surface area contributed by atoms with Crippen LogP contribution in [0, 0.1) is 0 Å². The van der Waals surface area contributed by atoms with Crippen LogP contribution in [0.3, 0.4) is 0 Å². The Balaban J connectivity index is -0.00000924. The van der Waals surface area contributed by atoms with E-state index in [2.05, 4.69) is 24.5 Å². The summed E-state index contributed by atoms with van der Waals surface area (Å²) in [5.41, 5.74) is 0. The summed E-state index contributed by atoms with van der Waals surface area (Å²) in [6.45, 7) is 5.58. The Labute approximate surface area is 324 Å². The van der Waals surface area contributed by atoms with Crippen molar-refractivity contribution in [3.8, 4) is 0 Å². The summed E-state index contributed by atoms with van der Waals surface area (Å²) in [4.78, 5) is 50.2. The number of nitrogens with zero attached hydrogens (tertiary/aromatic N) is 2. The quantitative estimate of drug-likeness (QED) is 0.0562. The first kappa shape index (κ1) is 50.2. The average Bonchev–Trinajstić information content (AvgIpc) is 2.97. The summed E-state index contributed by atoms with van der Waals surface area (Å²) in [5, 5.41) is 28.3. The van der Waals surface area contributed by atoms with Gasteiger partial charge in [-0.3, -0.25) is 19.4 Å². The zero-order valence-electron chi connectivity index (χ0n) is 30.1. The largest absolute Gasteiger partial charge is 1.00 e. The number of carbonyl (C=O) groups is 4. The number of unbranched alkanes of at least 4 members (excludes halogenated alkanes) is 16. The summed E-state index contributed by atoms with van der Waals surface area (Å²) < 4.78 is 0. The van der Waals surface area contributed by atoms with Crippen molar-refractivity contribution in [2.24, 2.45) is 0 Å². The minimum absolute atomic E-state index is 0. The number of aliphatic carboxylic acids is 2. The van der Waals surface area contributed by atoms with E-state index in [1.165, 1.54) is 77.0 Å². The van der Waals surface area contributed by atoms with E-state index in [0.717, 1.165) is 38.5 Å². The number of carboxylic acids is 2. The van der Waals surface area contributed by atoms with Crippen molar-refractivity contribution in [3.63, 3.8) is 0 Å². The molecule has 10 nitrogen and oxygen atoms in total. The molecular weight excluding hydrogens is 606 g/mol. The number of nitrogens with one attached hydrogen (secondary N) is 2. The Morgan fingerprint density at radius 2 is 0.739 bits per heavy atom.